The third-order valence-electron chi connectivity index (χ3n) is 4.89. The van der Waals surface area contributed by atoms with E-state index in [0.29, 0.717) is 29.8 Å². The van der Waals surface area contributed by atoms with Gasteiger partial charge in [-0.05, 0) is 24.4 Å². The molecular weight excluding hydrogens is 356 g/mol. The van der Waals surface area contributed by atoms with E-state index in [-0.39, 0.29) is 22.6 Å². The van der Waals surface area contributed by atoms with E-state index in [4.69, 9.17) is 23.2 Å². The number of piperazine rings is 1. The molecule has 0 spiro atoms. The van der Waals surface area contributed by atoms with Crippen LogP contribution in [0.5, 0.6) is 0 Å². The minimum atomic E-state index is -0.679. The molecule has 2 aliphatic heterocycles. The molecule has 0 aliphatic carbocycles. The van der Waals surface area contributed by atoms with Gasteiger partial charge in [-0.3, -0.25) is 4.90 Å². The molecule has 2 aliphatic rings. The van der Waals surface area contributed by atoms with Crippen molar-refractivity contribution in [2.45, 2.75) is 24.9 Å². The molecule has 2 bridgehead atoms. The third kappa shape index (κ3) is 2.60. The first kappa shape index (κ1) is 16.2. The first-order chi connectivity index (χ1) is 11.6. The van der Waals surface area contributed by atoms with E-state index in [1.165, 1.54) is 6.20 Å². The van der Waals surface area contributed by atoms with E-state index in [2.05, 4.69) is 24.8 Å². The predicted octanol–water partition coefficient (Wildman–Crippen LogP) is 2.12. The van der Waals surface area contributed by atoms with Crippen LogP contribution in [0.25, 0.3) is 10.9 Å². The molecule has 128 valence electrons. The fourth-order valence-electron chi connectivity index (χ4n) is 3.88. The molecule has 24 heavy (non-hydrogen) atoms. The molecule has 4 heterocycles. The third-order valence-corrected chi connectivity index (χ3v) is 5.32. The highest BCUT2D eigenvalue weighted by atomic mass is 35.5. The van der Waals surface area contributed by atoms with E-state index in [9.17, 15) is 9.50 Å². The monoisotopic (exact) mass is 371 g/mol. The second-order valence-corrected chi connectivity index (χ2v) is 6.89. The average Bonchev–Trinajstić information content (AvgIpc) is 2.80. The fourth-order valence-corrected chi connectivity index (χ4v) is 4.18. The topological polar surface area (TPSA) is 65.4 Å². The lowest BCUT2D eigenvalue weighted by Gasteiger charge is -2.41. The number of nitrogens with zero attached hydrogens (tertiary/aromatic N) is 5. The summed E-state index contributed by atoms with van der Waals surface area (Å²) in [5, 5.41) is 9.52. The number of rotatable bonds is 3. The molecule has 0 radical (unpaired) electrons. The standard InChI is InChI=1S/C15H16Cl2FN5O/c16-13-11(18)12-10(5-19-13)14(21-15(17)20-12)22-6-8-1-2-9(7-22)23(8)3-4-24/h5,8-9,24H,1-4,6-7H2. The van der Waals surface area contributed by atoms with Gasteiger partial charge in [0.1, 0.15) is 11.3 Å². The largest absolute Gasteiger partial charge is 0.395 e. The van der Waals surface area contributed by atoms with Gasteiger partial charge in [-0.15, -0.1) is 0 Å². The highest BCUT2D eigenvalue weighted by Crippen LogP contribution is 2.35. The maximum atomic E-state index is 14.3. The van der Waals surface area contributed by atoms with Crippen LogP contribution in [0.1, 0.15) is 12.8 Å². The number of hydrogen-bond donors (Lipinski definition) is 1. The molecule has 4 rings (SSSR count). The van der Waals surface area contributed by atoms with Gasteiger partial charge in [0.25, 0.3) is 0 Å². The second kappa shape index (κ2) is 6.22. The van der Waals surface area contributed by atoms with Crippen molar-refractivity contribution in [1.82, 2.24) is 19.9 Å². The average molecular weight is 372 g/mol. The summed E-state index contributed by atoms with van der Waals surface area (Å²) in [7, 11) is 0. The maximum Gasteiger partial charge on any atom is 0.225 e. The van der Waals surface area contributed by atoms with E-state index >= 15 is 0 Å². The second-order valence-electron chi connectivity index (χ2n) is 6.19. The van der Waals surface area contributed by atoms with Gasteiger partial charge in [-0.25, -0.2) is 14.4 Å². The van der Waals surface area contributed by atoms with Crippen molar-refractivity contribution in [1.29, 1.82) is 0 Å². The van der Waals surface area contributed by atoms with Crippen LogP contribution < -0.4 is 4.90 Å². The van der Waals surface area contributed by atoms with Crippen molar-refractivity contribution in [2.75, 3.05) is 31.1 Å². The number of aromatic nitrogens is 3. The normalized spacial score (nSPS) is 24.1. The van der Waals surface area contributed by atoms with Crippen molar-refractivity contribution in [3.63, 3.8) is 0 Å². The maximum absolute atomic E-state index is 14.3. The molecule has 0 aromatic carbocycles. The van der Waals surface area contributed by atoms with Crippen molar-refractivity contribution >= 4 is 39.9 Å². The Morgan fingerprint density at radius 2 is 1.92 bits per heavy atom. The molecule has 2 fully saturated rings. The number of aliphatic hydroxyl groups is 1. The Morgan fingerprint density at radius 3 is 2.58 bits per heavy atom. The van der Waals surface area contributed by atoms with Crippen molar-refractivity contribution in [3.05, 3.63) is 22.5 Å². The smallest absolute Gasteiger partial charge is 0.225 e. The summed E-state index contributed by atoms with van der Waals surface area (Å²) in [5.74, 6) is -0.0878. The van der Waals surface area contributed by atoms with E-state index in [1.807, 2.05) is 0 Å². The molecule has 2 saturated heterocycles. The summed E-state index contributed by atoms with van der Waals surface area (Å²) in [6, 6.07) is 0.703. The number of fused-ring (bicyclic) bond motifs is 3. The molecule has 6 nitrogen and oxygen atoms in total. The molecule has 2 aromatic heterocycles. The van der Waals surface area contributed by atoms with Crippen LogP contribution in [0.15, 0.2) is 6.20 Å². The summed E-state index contributed by atoms with van der Waals surface area (Å²) in [6.07, 6.45) is 3.65. The Kier molecular flexibility index (Phi) is 4.20. The summed E-state index contributed by atoms with van der Waals surface area (Å²) >= 11 is 11.8. The lowest BCUT2D eigenvalue weighted by atomic mass is 10.1. The number of halogens is 3. The Bertz CT molecular complexity index is 778. The SMILES string of the molecule is OCCN1C2CCC1CN(c1nc(Cl)nc3c(F)c(Cl)ncc13)C2. The van der Waals surface area contributed by atoms with Crippen molar-refractivity contribution < 1.29 is 9.50 Å². The Labute approximate surface area is 148 Å². The molecule has 0 saturated carbocycles. The van der Waals surface area contributed by atoms with Crippen LogP contribution in [-0.2, 0) is 0 Å². The van der Waals surface area contributed by atoms with Crippen molar-refractivity contribution in [2.24, 2.45) is 0 Å². The lowest BCUT2D eigenvalue weighted by molar-refractivity contribution is 0.131. The Morgan fingerprint density at radius 1 is 1.21 bits per heavy atom. The number of hydrogen-bond acceptors (Lipinski definition) is 6. The summed E-state index contributed by atoms with van der Waals surface area (Å²) in [6.45, 7) is 2.34. The van der Waals surface area contributed by atoms with E-state index in [0.717, 1.165) is 25.9 Å². The number of pyridine rings is 1. The first-order valence-electron chi connectivity index (χ1n) is 7.87. The van der Waals surface area contributed by atoms with Gasteiger partial charge < -0.3 is 10.0 Å². The van der Waals surface area contributed by atoms with Gasteiger partial charge in [0.15, 0.2) is 11.0 Å². The summed E-state index contributed by atoms with van der Waals surface area (Å²) in [5.41, 5.74) is 0.0927. The minimum Gasteiger partial charge on any atom is -0.395 e. The lowest BCUT2D eigenvalue weighted by Crippen LogP contribution is -2.54. The minimum absolute atomic E-state index is 0.0104. The molecule has 2 aromatic rings. The molecule has 2 unspecified atom stereocenters. The van der Waals surface area contributed by atoms with Gasteiger partial charge in [0, 0.05) is 37.9 Å². The van der Waals surface area contributed by atoms with Crippen LogP contribution in [0, 0.1) is 5.82 Å². The van der Waals surface area contributed by atoms with Gasteiger partial charge in [0.05, 0.1) is 12.0 Å². The van der Waals surface area contributed by atoms with Crippen LogP contribution in [0.2, 0.25) is 10.4 Å². The van der Waals surface area contributed by atoms with Crippen LogP contribution in [0.4, 0.5) is 10.2 Å². The van der Waals surface area contributed by atoms with Gasteiger partial charge in [0.2, 0.25) is 5.28 Å². The number of aliphatic hydroxyl groups excluding tert-OH is 1. The molecule has 9 heteroatoms. The van der Waals surface area contributed by atoms with Crippen LogP contribution in [0.3, 0.4) is 0 Å². The van der Waals surface area contributed by atoms with E-state index < -0.39 is 5.82 Å². The molecule has 1 N–H and O–H groups in total. The summed E-state index contributed by atoms with van der Waals surface area (Å²) in [4.78, 5) is 16.6. The predicted molar refractivity (Wildman–Crippen MR) is 90.1 cm³/mol. The van der Waals surface area contributed by atoms with Gasteiger partial charge in [-0.1, -0.05) is 11.6 Å². The van der Waals surface area contributed by atoms with Crippen LogP contribution in [-0.4, -0.2) is 63.3 Å². The number of anilines is 1. The fraction of sp³-hybridized carbons (Fsp3) is 0.533. The highest BCUT2D eigenvalue weighted by Gasteiger charge is 2.40. The van der Waals surface area contributed by atoms with Gasteiger partial charge >= 0.3 is 0 Å². The Hall–Kier alpha value is -1.28. The zero-order chi connectivity index (χ0) is 16.8. The molecular formula is C15H16Cl2FN5O. The molecule has 2 atom stereocenters. The summed E-state index contributed by atoms with van der Waals surface area (Å²) < 4.78 is 14.3. The molecule has 0 amide bonds. The Balaban J connectivity index is 1.74. The highest BCUT2D eigenvalue weighted by molar-refractivity contribution is 6.30. The van der Waals surface area contributed by atoms with Gasteiger partial charge in [-0.2, -0.15) is 4.98 Å². The van der Waals surface area contributed by atoms with Crippen LogP contribution >= 0.6 is 23.2 Å². The first-order valence-corrected chi connectivity index (χ1v) is 8.63. The zero-order valence-corrected chi connectivity index (χ0v) is 14.3. The van der Waals surface area contributed by atoms with Crippen molar-refractivity contribution in [3.8, 4) is 0 Å². The zero-order valence-electron chi connectivity index (χ0n) is 12.8. The van der Waals surface area contributed by atoms with E-state index in [1.54, 1.807) is 0 Å². The quantitative estimate of drug-likeness (QED) is 0.658.